The van der Waals surface area contributed by atoms with Gasteiger partial charge in [0, 0.05) is 5.92 Å². The van der Waals surface area contributed by atoms with E-state index in [1.165, 1.54) is 0 Å². The Hall–Kier alpha value is -1.34. The molecule has 80 valence electrons. The third kappa shape index (κ3) is 3.37. The van der Waals surface area contributed by atoms with Crippen molar-refractivity contribution >= 4 is 0 Å². The second-order valence-corrected chi connectivity index (χ2v) is 3.61. The maximum absolute atomic E-state index is 9.97. The summed E-state index contributed by atoms with van der Waals surface area (Å²) in [5, 5.41) is 9.97. The first-order valence-electron chi connectivity index (χ1n) is 5.26. The van der Waals surface area contributed by atoms with E-state index in [4.69, 9.17) is 0 Å². The van der Waals surface area contributed by atoms with Crippen LogP contribution in [0.3, 0.4) is 0 Å². The van der Waals surface area contributed by atoms with Gasteiger partial charge >= 0.3 is 0 Å². The van der Waals surface area contributed by atoms with Crippen molar-refractivity contribution in [2.75, 3.05) is 0 Å². The van der Waals surface area contributed by atoms with Gasteiger partial charge in [0.25, 0.3) is 0 Å². The molecular formula is C14H18O. The highest BCUT2D eigenvalue weighted by Crippen LogP contribution is 2.23. The van der Waals surface area contributed by atoms with Crippen LogP contribution in [0.2, 0.25) is 0 Å². The molecule has 0 aliphatic heterocycles. The van der Waals surface area contributed by atoms with E-state index >= 15 is 0 Å². The van der Waals surface area contributed by atoms with Gasteiger partial charge in [-0.25, -0.2) is 0 Å². The van der Waals surface area contributed by atoms with Crippen LogP contribution in [0.25, 0.3) is 0 Å². The summed E-state index contributed by atoms with van der Waals surface area (Å²) in [6.45, 7) is 7.43. The summed E-state index contributed by atoms with van der Waals surface area (Å²) in [6.07, 6.45) is 4.83. The van der Waals surface area contributed by atoms with Crippen molar-refractivity contribution in [2.24, 2.45) is 0 Å². The molecule has 0 spiro atoms. The van der Waals surface area contributed by atoms with E-state index in [0.717, 1.165) is 18.4 Å². The number of rotatable bonds is 6. The minimum atomic E-state index is -0.372. The zero-order valence-electron chi connectivity index (χ0n) is 8.97. The number of aliphatic hydroxyl groups is 1. The van der Waals surface area contributed by atoms with Gasteiger partial charge < -0.3 is 5.11 Å². The number of hydrogen-bond donors (Lipinski definition) is 1. The van der Waals surface area contributed by atoms with Gasteiger partial charge in [-0.2, -0.15) is 0 Å². The molecule has 0 heterocycles. The molecule has 1 aromatic rings. The summed E-state index contributed by atoms with van der Waals surface area (Å²) in [5.74, 6) is 0.0196. The molecule has 1 aromatic carbocycles. The molecule has 1 N–H and O–H groups in total. The molecule has 0 unspecified atom stereocenters. The Balaban J connectivity index is 2.71. The van der Waals surface area contributed by atoms with Crippen LogP contribution in [0.4, 0.5) is 0 Å². The molecule has 0 aliphatic carbocycles. The van der Waals surface area contributed by atoms with E-state index in [1.807, 2.05) is 42.5 Å². The fourth-order valence-electron chi connectivity index (χ4n) is 1.66. The molecule has 2 atom stereocenters. The van der Waals surface area contributed by atoms with E-state index in [0.29, 0.717) is 0 Å². The normalized spacial score (nSPS) is 14.2. The Bertz CT molecular complexity index is 302. The van der Waals surface area contributed by atoms with Gasteiger partial charge in [0.05, 0.1) is 6.10 Å². The molecule has 0 fully saturated rings. The Morgan fingerprint density at radius 2 is 1.87 bits per heavy atom. The summed E-state index contributed by atoms with van der Waals surface area (Å²) < 4.78 is 0. The fraction of sp³-hybridized carbons (Fsp3) is 0.286. The molecule has 0 aromatic heterocycles. The number of allylic oxidation sites excluding steroid dienone is 1. The lowest BCUT2D eigenvalue weighted by atomic mass is 9.91. The zero-order valence-corrected chi connectivity index (χ0v) is 8.97. The highest BCUT2D eigenvalue weighted by Gasteiger charge is 2.16. The lowest BCUT2D eigenvalue weighted by Gasteiger charge is -2.19. The quantitative estimate of drug-likeness (QED) is 0.702. The summed E-state index contributed by atoms with van der Waals surface area (Å²) in [7, 11) is 0. The third-order valence-electron chi connectivity index (χ3n) is 2.52. The lowest BCUT2D eigenvalue weighted by molar-refractivity contribution is 0.150. The molecule has 0 saturated carbocycles. The van der Waals surface area contributed by atoms with Crippen LogP contribution < -0.4 is 0 Å². The van der Waals surface area contributed by atoms with Crippen molar-refractivity contribution in [1.29, 1.82) is 0 Å². The first-order valence-corrected chi connectivity index (χ1v) is 5.26. The maximum atomic E-state index is 9.97. The van der Waals surface area contributed by atoms with Crippen molar-refractivity contribution in [2.45, 2.75) is 24.9 Å². The van der Waals surface area contributed by atoms with Crippen LogP contribution >= 0.6 is 0 Å². The molecule has 1 heteroatoms. The van der Waals surface area contributed by atoms with Crippen LogP contribution in [0.15, 0.2) is 55.6 Å². The monoisotopic (exact) mass is 202 g/mol. The van der Waals surface area contributed by atoms with Gasteiger partial charge in [-0.1, -0.05) is 42.5 Å². The second kappa shape index (κ2) is 6.20. The molecule has 0 aliphatic rings. The van der Waals surface area contributed by atoms with E-state index in [-0.39, 0.29) is 12.0 Å². The number of aliphatic hydroxyl groups excluding tert-OH is 1. The predicted octanol–water partition coefficient (Wildman–Crippen LogP) is 3.28. The molecule has 0 bridgehead atoms. The average molecular weight is 202 g/mol. The van der Waals surface area contributed by atoms with E-state index in [2.05, 4.69) is 13.2 Å². The summed E-state index contributed by atoms with van der Waals surface area (Å²) in [4.78, 5) is 0. The molecular weight excluding hydrogens is 184 g/mol. The molecule has 1 nitrogen and oxygen atoms in total. The van der Waals surface area contributed by atoms with Crippen LogP contribution in [0, 0.1) is 0 Å². The topological polar surface area (TPSA) is 20.2 Å². The van der Waals surface area contributed by atoms with E-state index < -0.39 is 0 Å². The van der Waals surface area contributed by atoms with Crippen LogP contribution in [-0.2, 0) is 0 Å². The van der Waals surface area contributed by atoms with Gasteiger partial charge in [-0.15, -0.1) is 13.2 Å². The van der Waals surface area contributed by atoms with Gasteiger partial charge in [0.1, 0.15) is 0 Å². The molecule has 15 heavy (non-hydrogen) atoms. The smallest absolute Gasteiger partial charge is 0.0646 e. The standard InChI is InChI=1S/C14H18O/c1-3-5-11-14(15)13(4-2)12-9-7-6-8-10-12/h3-4,6-10,13-15H,1-2,5,11H2/t13-,14-/m0/s1. The molecule has 0 saturated heterocycles. The first kappa shape index (κ1) is 11.7. The summed E-state index contributed by atoms with van der Waals surface area (Å²) in [6, 6.07) is 9.96. The van der Waals surface area contributed by atoms with Crippen LogP contribution in [0.1, 0.15) is 24.3 Å². The fourth-order valence-corrected chi connectivity index (χ4v) is 1.66. The average Bonchev–Trinajstić information content (AvgIpc) is 2.29. The Morgan fingerprint density at radius 3 is 2.40 bits per heavy atom. The zero-order chi connectivity index (χ0) is 11.1. The SMILES string of the molecule is C=CCC[C@H](O)[C@@H](C=C)c1ccccc1. The van der Waals surface area contributed by atoms with Gasteiger partial charge in [-0.05, 0) is 18.4 Å². The Morgan fingerprint density at radius 1 is 1.20 bits per heavy atom. The van der Waals surface area contributed by atoms with Crippen LogP contribution in [0.5, 0.6) is 0 Å². The maximum Gasteiger partial charge on any atom is 0.0646 e. The Labute approximate surface area is 91.8 Å². The van der Waals surface area contributed by atoms with Gasteiger partial charge in [0.2, 0.25) is 0 Å². The molecule has 0 radical (unpaired) electrons. The Kier molecular flexibility index (Phi) is 4.85. The largest absolute Gasteiger partial charge is 0.392 e. The predicted molar refractivity (Wildman–Crippen MR) is 64.8 cm³/mol. The highest BCUT2D eigenvalue weighted by molar-refractivity contribution is 5.24. The number of hydrogen-bond acceptors (Lipinski definition) is 1. The lowest BCUT2D eigenvalue weighted by Crippen LogP contribution is -2.16. The number of benzene rings is 1. The highest BCUT2D eigenvalue weighted by atomic mass is 16.3. The third-order valence-corrected chi connectivity index (χ3v) is 2.52. The minimum Gasteiger partial charge on any atom is -0.392 e. The molecule has 1 rings (SSSR count). The molecule has 0 amide bonds. The first-order chi connectivity index (χ1) is 7.29. The second-order valence-electron chi connectivity index (χ2n) is 3.61. The van der Waals surface area contributed by atoms with Crippen molar-refractivity contribution in [3.63, 3.8) is 0 Å². The van der Waals surface area contributed by atoms with E-state index in [1.54, 1.807) is 0 Å². The van der Waals surface area contributed by atoms with E-state index in [9.17, 15) is 5.11 Å². The summed E-state index contributed by atoms with van der Waals surface area (Å²) >= 11 is 0. The van der Waals surface area contributed by atoms with Crippen molar-refractivity contribution in [3.8, 4) is 0 Å². The minimum absolute atomic E-state index is 0.0196. The van der Waals surface area contributed by atoms with Gasteiger partial charge in [0.15, 0.2) is 0 Å². The van der Waals surface area contributed by atoms with Crippen molar-refractivity contribution in [1.82, 2.24) is 0 Å². The van der Waals surface area contributed by atoms with Crippen LogP contribution in [-0.4, -0.2) is 11.2 Å². The van der Waals surface area contributed by atoms with Gasteiger partial charge in [-0.3, -0.25) is 0 Å². The van der Waals surface area contributed by atoms with Crippen molar-refractivity contribution < 1.29 is 5.11 Å². The van der Waals surface area contributed by atoms with Crippen molar-refractivity contribution in [3.05, 3.63) is 61.2 Å². The summed E-state index contributed by atoms with van der Waals surface area (Å²) in [5.41, 5.74) is 1.11.